The Morgan fingerprint density at radius 3 is 2.18 bits per heavy atom. The lowest BCUT2D eigenvalue weighted by Crippen LogP contribution is -2.10. The van der Waals surface area contributed by atoms with Crippen LogP contribution in [0, 0.1) is 0 Å². The lowest BCUT2D eigenvalue weighted by Gasteiger charge is -2.13. The molecule has 0 heterocycles. The summed E-state index contributed by atoms with van der Waals surface area (Å²) in [4.78, 5) is 0. The van der Waals surface area contributed by atoms with E-state index in [1.165, 1.54) is 13.0 Å². The number of nitrogens with two attached hydrogens (primary N) is 1. The first-order valence-electron chi connectivity index (χ1n) is 6.04. The third-order valence-electron chi connectivity index (χ3n) is 2.73. The SMILES string of the molecule is C=C(/C=C(\C=C/C)C(F)(F)F)c1cc(C(F)(F)F)ccc1N. The number of alkyl halides is 6. The van der Waals surface area contributed by atoms with Crippen LogP contribution in [-0.2, 0) is 6.18 Å². The van der Waals surface area contributed by atoms with Gasteiger partial charge in [0.05, 0.1) is 11.1 Å². The van der Waals surface area contributed by atoms with E-state index in [0.717, 1.165) is 18.2 Å². The van der Waals surface area contributed by atoms with Crippen molar-refractivity contribution in [1.82, 2.24) is 0 Å². The number of nitrogen functional groups attached to an aromatic ring is 1. The monoisotopic (exact) mass is 321 g/mol. The summed E-state index contributed by atoms with van der Waals surface area (Å²) in [6.45, 7) is 4.78. The Bertz CT molecular complexity index is 620. The van der Waals surface area contributed by atoms with E-state index in [4.69, 9.17) is 5.73 Å². The van der Waals surface area contributed by atoms with Crippen LogP contribution >= 0.6 is 0 Å². The average Bonchev–Trinajstić information content (AvgIpc) is 2.36. The Kier molecular flexibility index (Phi) is 5.11. The van der Waals surface area contributed by atoms with Gasteiger partial charge in [-0.1, -0.05) is 18.7 Å². The van der Waals surface area contributed by atoms with E-state index < -0.39 is 23.5 Å². The highest BCUT2D eigenvalue weighted by molar-refractivity contribution is 5.81. The lowest BCUT2D eigenvalue weighted by atomic mass is 9.99. The van der Waals surface area contributed by atoms with E-state index >= 15 is 0 Å². The molecule has 0 radical (unpaired) electrons. The van der Waals surface area contributed by atoms with Crippen molar-refractivity contribution in [2.75, 3.05) is 5.73 Å². The fourth-order valence-corrected chi connectivity index (χ4v) is 1.68. The van der Waals surface area contributed by atoms with Crippen molar-refractivity contribution in [3.63, 3.8) is 0 Å². The van der Waals surface area contributed by atoms with Gasteiger partial charge in [-0.3, -0.25) is 0 Å². The number of halogens is 6. The summed E-state index contributed by atoms with van der Waals surface area (Å²) in [5, 5.41) is 0. The highest BCUT2D eigenvalue weighted by Crippen LogP contribution is 2.35. The molecule has 22 heavy (non-hydrogen) atoms. The molecule has 0 aliphatic carbocycles. The number of hydrogen-bond acceptors (Lipinski definition) is 1. The van der Waals surface area contributed by atoms with Gasteiger partial charge in [0.25, 0.3) is 0 Å². The molecule has 0 aliphatic heterocycles. The molecule has 1 nitrogen and oxygen atoms in total. The normalized spacial score (nSPS) is 13.7. The van der Waals surface area contributed by atoms with E-state index in [-0.39, 0.29) is 16.8 Å². The van der Waals surface area contributed by atoms with Crippen molar-refractivity contribution in [3.8, 4) is 0 Å². The molecule has 0 aromatic heterocycles. The van der Waals surface area contributed by atoms with Crippen LogP contribution in [-0.4, -0.2) is 6.18 Å². The van der Waals surface area contributed by atoms with Gasteiger partial charge < -0.3 is 5.73 Å². The fourth-order valence-electron chi connectivity index (χ4n) is 1.68. The number of anilines is 1. The van der Waals surface area contributed by atoms with Gasteiger partial charge in [0, 0.05) is 11.3 Å². The zero-order valence-corrected chi connectivity index (χ0v) is 11.5. The van der Waals surface area contributed by atoms with Crippen LogP contribution in [0.1, 0.15) is 18.1 Å². The van der Waals surface area contributed by atoms with Gasteiger partial charge in [0.15, 0.2) is 0 Å². The molecular formula is C15H13F6N. The molecule has 7 heteroatoms. The molecule has 0 unspecified atom stereocenters. The summed E-state index contributed by atoms with van der Waals surface area (Å²) in [6, 6.07) is 2.42. The zero-order chi connectivity index (χ0) is 17.1. The first-order valence-corrected chi connectivity index (χ1v) is 6.04. The summed E-state index contributed by atoms with van der Waals surface area (Å²) < 4.78 is 76.3. The Balaban J connectivity index is 3.33. The molecule has 0 atom stereocenters. The van der Waals surface area contributed by atoms with Crippen molar-refractivity contribution in [3.05, 3.63) is 59.7 Å². The molecule has 0 bridgehead atoms. The van der Waals surface area contributed by atoms with Crippen molar-refractivity contribution < 1.29 is 26.3 Å². The minimum absolute atomic E-state index is 0.0868. The maximum absolute atomic E-state index is 12.8. The summed E-state index contributed by atoms with van der Waals surface area (Å²) in [5.41, 5.74) is 2.96. The summed E-state index contributed by atoms with van der Waals surface area (Å²) in [5.74, 6) is 0. The van der Waals surface area contributed by atoms with Crippen molar-refractivity contribution in [2.24, 2.45) is 0 Å². The van der Waals surface area contributed by atoms with Crippen LogP contribution in [0.5, 0.6) is 0 Å². The molecule has 0 spiro atoms. The Labute approximate surface area is 123 Å². The molecule has 1 aromatic carbocycles. The van der Waals surface area contributed by atoms with E-state index in [2.05, 4.69) is 6.58 Å². The number of allylic oxidation sites excluding steroid dienone is 5. The highest BCUT2D eigenvalue weighted by atomic mass is 19.4. The first-order chi connectivity index (χ1) is 9.96. The molecule has 0 fully saturated rings. The maximum Gasteiger partial charge on any atom is 0.416 e. The molecule has 2 N–H and O–H groups in total. The van der Waals surface area contributed by atoms with E-state index in [1.54, 1.807) is 0 Å². The van der Waals surface area contributed by atoms with Gasteiger partial charge in [-0.25, -0.2) is 0 Å². The minimum atomic E-state index is -4.65. The second-order valence-electron chi connectivity index (χ2n) is 4.42. The molecule has 0 saturated heterocycles. The standard InChI is InChI=1S/C15H13F6N/c1-3-4-10(14(16,17)18)7-9(2)12-8-11(15(19,20)21)5-6-13(12)22/h3-8H,2,22H2,1H3/b4-3-,10-7+. The minimum Gasteiger partial charge on any atom is -0.398 e. The predicted molar refractivity (Wildman–Crippen MR) is 73.8 cm³/mol. The molecular weight excluding hydrogens is 308 g/mol. The largest absolute Gasteiger partial charge is 0.416 e. The topological polar surface area (TPSA) is 26.0 Å². The molecule has 0 aliphatic rings. The summed E-state index contributed by atoms with van der Waals surface area (Å²) in [7, 11) is 0. The Morgan fingerprint density at radius 2 is 1.73 bits per heavy atom. The zero-order valence-electron chi connectivity index (χ0n) is 11.5. The smallest absolute Gasteiger partial charge is 0.398 e. The average molecular weight is 321 g/mol. The predicted octanol–water partition coefficient (Wildman–Crippen LogP) is 5.37. The molecule has 0 saturated carbocycles. The van der Waals surface area contributed by atoms with Crippen LogP contribution in [0.25, 0.3) is 5.57 Å². The van der Waals surface area contributed by atoms with Gasteiger partial charge in [-0.2, -0.15) is 26.3 Å². The van der Waals surface area contributed by atoms with Crippen molar-refractivity contribution >= 4 is 11.3 Å². The molecule has 0 amide bonds. The van der Waals surface area contributed by atoms with E-state index in [9.17, 15) is 26.3 Å². The van der Waals surface area contributed by atoms with Gasteiger partial charge in [0.2, 0.25) is 0 Å². The third-order valence-corrected chi connectivity index (χ3v) is 2.73. The van der Waals surface area contributed by atoms with Gasteiger partial charge >= 0.3 is 12.4 Å². The number of rotatable bonds is 3. The lowest BCUT2D eigenvalue weighted by molar-refractivity contribution is -0.137. The van der Waals surface area contributed by atoms with Gasteiger partial charge in [-0.05, 0) is 36.8 Å². The quantitative estimate of drug-likeness (QED) is 0.452. The molecule has 120 valence electrons. The van der Waals surface area contributed by atoms with E-state index in [1.807, 2.05) is 0 Å². The van der Waals surface area contributed by atoms with Crippen molar-refractivity contribution in [2.45, 2.75) is 19.3 Å². The second-order valence-corrected chi connectivity index (χ2v) is 4.42. The van der Waals surface area contributed by atoms with Gasteiger partial charge in [0.1, 0.15) is 0 Å². The molecule has 1 rings (SSSR count). The van der Waals surface area contributed by atoms with E-state index in [0.29, 0.717) is 12.1 Å². The highest BCUT2D eigenvalue weighted by Gasteiger charge is 2.33. The first kappa shape index (κ1) is 17.9. The third kappa shape index (κ3) is 4.41. The van der Waals surface area contributed by atoms with Crippen LogP contribution in [0.2, 0.25) is 0 Å². The summed E-state index contributed by atoms with van der Waals surface area (Å²) in [6.07, 6.45) is -6.64. The summed E-state index contributed by atoms with van der Waals surface area (Å²) >= 11 is 0. The van der Waals surface area contributed by atoms with Crippen LogP contribution in [0.3, 0.4) is 0 Å². The van der Waals surface area contributed by atoms with Crippen LogP contribution < -0.4 is 5.73 Å². The number of hydrogen-bond donors (Lipinski definition) is 1. The van der Waals surface area contributed by atoms with Gasteiger partial charge in [-0.15, -0.1) is 0 Å². The number of benzene rings is 1. The second kappa shape index (κ2) is 6.29. The Morgan fingerprint density at radius 1 is 1.14 bits per heavy atom. The van der Waals surface area contributed by atoms with Crippen molar-refractivity contribution in [1.29, 1.82) is 0 Å². The van der Waals surface area contributed by atoms with Crippen LogP contribution in [0.4, 0.5) is 32.0 Å². The Hall–Kier alpha value is -2.18. The fraction of sp³-hybridized carbons (Fsp3) is 0.200. The molecule has 1 aromatic rings. The van der Waals surface area contributed by atoms with Crippen LogP contribution in [0.15, 0.2) is 48.6 Å². The maximum atomic E-state index is 12.8.